The van der Waals surface area contributed by atoms with Crippen LogP contribution in [0.25, 0.3) is 0 Å². The second kappa shape index (κ2) is 6.14. The summed E-state index contributed by atoms with van der Waals surface area (Å²) in [7, 11) is 1.54. The number of rotatable bonds is 6. The molecule has 102 valence electrons. The normalized spacial score (nSPS) is 16.4. The van der Waals surface area contributed by atoms with Crippen LogP contribution in [0.4, 0.5) is 8.78 Å². The van der Waals surface area contributed by atoms with Crippen molar-refractivity contribution in [1.29, 1.82) is 0 Å². The van der Waals surface area contributed by atoms with Gasteiger partial charge in [0, 0.05) is 0 Å². The number of alkyl halides is 2. The number of benzene rings is 1. The highest BCUT2D eigenvalue weighted by Crippen LogP contribution is 2.39. The number of aliphatic hydroxyl groups is 1. The number of ether oxygens (including phenoxy) is 1. The third kappa shape index (κ3) is 2.80. The molecule has 0 saturated carbocycles. The molecule has 2 unspecified atom stereocenters. The van der Waals surface area contributed by atoms with Crippen molar-refractivity contribution >= 4 is 0 Å². The van der Waals surface area contributed by atoms with E-state index < -0.39 is 17.9 Å². The Morgan fingerprint density at radius 3 is 2.11 bits per heavy atom. The lowest BCUT2D eigenvalue weighted by atomic mass is 9.78. The van der Waals surface area contributed by atoms with E-state index in [1.165, 1.54) is 7.11 Å². The van der Waals surface area contributed by atoms with Gasteiger partial charge in [0.1, 0.15) is 5.75 Å². The summed E-state index contributed by atoms with van der Waals surface area (Å²) in [5.74, 6) is -0.418. The summed E-state index contributed by atoms with van der Waals surface area (Å²) in [4.78, 5) is 0. The molecule has 0 bridgehead atoms. The van der Waals surface area contributed by atoms with Gasteiger partial charge in [0.15, 0.2) is 0 Å². The van der Waals surface area contributed by atoms with E-state index in [1.807, 2.05) is 0 Å². The van der Waals surface area contributed by atoms with Gasteiger partial charge in [-0.1, -0.05) is 26.0 Å². The van der Waals surface area contributed by atoms with Crippen molar-refractivity contribution < 1.29 is 18.6 Å². The molecule has 4 heteroatoms. The lowest BCUT2D eigenvalue weighted by molar-refractivity contribution is -0.0944. The fourth-order valence-electron chi connectivity index (χ4n) is 2.28. The van der Waals surface area contributed by atoms with Crippen molar-refractivity contribution in [1.82, 2.24) is 0 Å². The minimum atomic E-state index is -2.54. The monoisotopic (exact) mass is 258 g/mol. The van der Waals surface area contributed by atoms with Crippen LogP contribution in [0.5, 0.6) is 5.75 Å². The molecule has 0 aliphatic heterocycles. The van der Waals surface area contributed by atoms with E-state index in [4.69, 9.17) is 4.74 Å². The van der Waals surface area contributed by atoms with Crippen LogP contribution in [0.3, 0.4) is 0 Å². The Hall–Kier alpha value is -1.16. The Morgan fingerprint density at radius 2 is 1.78 bits per heavy atom. The van der Waals surface area contributed by atoms with Crippen LogP contribution in [0.2, 0.25) is 0 Å². The van der Waals surface area contributed by atoms with Crippen molar-refractivity contribution in [2.75, 3.05) is 7.11 Å². The molecule has 1 rings (SSSR count). The Balaban J connectivity index is 3.12. The minimum absolute atomic E-state index is 0.230. The highest BCUT2D eigenvalue weighted by molar-refractivity contribution is 5.31. The Kier molecular flexibility index (Phi) is 5.08. The maximum absolute atomic E-state index is 13.0. The summed E-state index contributed by atoms with van der Waals surface area (Å²) < 4.78 is 31.1. The van der Waals surface area contributed by atoms with Gasteiger partial charge in [0.25, 0.3) is 0 Å². The quantitative estimate of drug-likeness (QED) is 0.845. The molecule has 0 amide bonds. The number of hydrogen-bond acceptors (Lipinski definition) is 2. The zero-order valence-electron chi connectivity index (χ0n) is 11.0. The highest BCUT2D eigenvalue weighted by Gasteiger charge is 2.41. The van der Waals surface area contributed by atoms with Crippen molar-refractivity contribution in [2.45, 2.75) is 38.7 Å². The zero-order chi connectivity index (χ0) is 13.8. The standard InChI is InChI=1S/C14H20F2O2/c1-4-12(13(15)16)14(17,5-2)10-6-8-11(18-3)9-7-10/h6-9,12-13,17H,4-5H2,1-3H3. The largest absolute Gasteiger partial charge is 0.497 e. The van der Waals surface area contributed by atoms with Crippen molar-refractivity contribution in [2.24, 2.45) is 5.92 Å². The SMILES string of the molecule is CCC(C(F)F)C(O)(CC)c1ccc(OC)cc1. The Labute approximate surface area is 107 Å². The van der Waals surface area contributed by atoms with Gasteiger partial charge in [0.05, 0.1) is 18.6 Å². The summed E-state index contributed by atoms with van der Waals surface area (Å²) in [6, 6.07) is 6.64. The fourth-order valence-corrected chi connectivity index (χ4v) is 2.28. The van der Waals surface area contributed by atoms with E-state index in [1.54, 1.807) is 38.1 Å². The van der Waals surface area contributed by atoms with Gasteiger partial charge in [-0.15, -0.1) is 0 Å². The average Bonchev–Trinajstić information content (AvgIpc) is 2.38. The summed E-state index contributed by atoms with van der Waals surface area (Å²) in [5.41, 5.74) is -0.979. The molecule has 1 aromatic carbocycles. The molecular formula is C14H20F2O2. The van der Waals surface area contributed by atoms with E-state index in [0.29, 0.717) is 11.3 Å². The molecule has 1 N–H and O–H groups in total. The summed E-state index contributed by atoms with van der Waals surface area (Å²) >= 11 is 0. The van der Waals surface area contributed by atoms with Gasteiger partial charge in [-0.3, -0.25) is 0 Å². The lowest BCUT2D eigenvalue weighted by Gasteiger charge is -2.35. The smallest absolute Gasteiger partial charge is 0.244 e. The van der Waals surface area contributed by atoms with E-state index in [-0.39, 0.29) is 12.8 Å². The first-order valence-corrected chi connectivity index (χ1v) is 6.14. The van der Waals surface area contributed by atoms with E-state index >= 15 is 0 Å². The molecule has 0 fully saturated rings. The van der Waals surface area contributed by atoms with Crippen LogP contribution in [-0.4, -0.2) is 18.6 Å². The van der Waals surface area contributed by atoms with Crippen LogP contribution >= 0.6 is 0 Å². The molecule has 1 aromatic rings. The van der Waals surface area contributed by atoms with Gasteiger partial charge in [-0.2, -0.15) is 0 Å². The van der Waals surface area contributed by atoms with Gasteiger partial charge in [-0.05, 0) is 30.5 Å². The fraction of sp³-hybridized carbons (Fsp3) is 0.571. The zero-order valence-corrected chi connectivity index (χ0v) is 11.0. The molecule has 2 nitrogen and oxygen atoms in total. The molecular weight excluding hydrogens is 238 g/mol. The first kappa shape index (κ1) is 14.9. The number of hydrogen-bond donors (Lipinski definition) is 1. The highest BCUT2D eigenvalue weighted by atomic mass is 19.3. The molecule has 18 heavy (non-hydrogen) atoms. The van der Waals surface area contributed by atoms with Crippen LogP contribution in [0, 0.1) is 5.92 Å². The third-order valence-electron chi connectivity index (χ3n) is 3.49. The van der Waals surface area contributed by atoms with Crippen molar-refractivity contribution in [3.05, 3.63) is 29.8 Å². The van der Waals surface area contributed by atoms with E-state index in [9.17, 15) is 13.9 Å². The third-order valence-corrected chi connectivity index (χ3v) is 3.49. The topological polar surface area (TPSA) is 29.5 Å². The van der Waals surface area contributed by atoms with Crippen LogP contribution in [0.15, 0.2) is 24.3 Å². The lowest BCUT2D eigenvalue weighted by Crippen LogP contribution is -2.38. The van der Waals surface area contributed by atoms with Crippen LogP contribution in [0.1, 0.15) is 32.3 Å². The second-order valence-electron chi connectivity index (χ2n) is 4.36. The van der Waals surface area contributed by atoms with Gasteiger partial charge < -0.3 is 9.84 Å². The van der Waals surface area contributed by atoms with Gasteiger partial charge in [0.2, 0.25) is 6.43 Å². The molecule has 0 radical (unpaired) electrons. The molecule has 0 heterocycles. The van der Waals surface area contributed by atoms with Crippen LogP contribution in [-0.2, 0) is 5.60 Å². The Bertz CT molecular complexity index is 365. The van der Waals surface area contributed by atoms with E-state index in [0.717, 1.165) is 0 Å². The van der Waals surface area contributed by atoms with Gasteiger partial charge >= 0.3 is 0 Å². The maximum atomic E-state index is 13.0. The number of halogens is 2. The first-order valence-electron chi connectivity index (χ1n) is 6.14. The van der Waals surface area contributed by atoms with Crippen molar-refractivity contribution in [3.63, 3.8) is 0 Å². The predicted molar refractivity (Wildman–Crippen MR) is 67.0 cm³/mol. The van der Waals surface area contributed by atoms with Crippen molar-refractivity contribution in [3.8, 4) is 5.75 Å². The molecule has 0 spiro atoms. The summed E-state index contributed by atoms with van der Waals surface area (Å²) in [6.07, 6.45) is -2.06. The average molecular weight is 258 g/mol. The van der Waals surface area contributed by atoms with Gasteiger partial charge in [-0.25, -0.2) is 8.78 Å². The van der Waals surface area contributed by atoms with Crippen LogP contribution < -0.4 is 4.74 Å². The maximum Gasteiger partial charge on any atom is 0.244 e. The molecule has 0 aliphatic carbocycles. The molecule has 0 aromatic heterocycles. The number of methoxy groups -OCH3 is 1. The molecule has 0 aliphatic rings. The summed E-state index contributed by atoms with van der Waals surface area (Å²) in [5, 5.41) is 10.6. The van der Waals surface area contributed by atoms with E-state index in [2.05, 4.69) is 0 Å². The summed E-state index contributed by atoms with van der Waals surface area (Å²) in [6.45, 7) is 3.39. The molecule has 0 saturated heterocycles. The molecule has 2 atom stereocenters. The Morgan fingerprint density at radius 1 is 1.22 bits per heavy atom. The minimum Gasteiger partial charge on any atom is -0.497 e. The first-order chi connectivity index (χ1) is 8.49. The second-order valence-corrected chi connectivity index (χ2v) is 4.36. The predicted octanol–water partition coefficient (Wildman–Crippen LogP) is 3.58.